The summed E-state index contributed by atoms with van der Waals surface area (Å²) in [6.45, 7) is 2.65. The highest BCUT2D eigenvalue weighted by Gasteiger charge is 2.24. The first-order chi connectivity index (χ1) is 6.99. The average Bonchev–Trinajstić information content (AvgIpc) is 2.14. The molecule has 1 unspecified atom stereocenters. The van der Waals surface area contributed by atoms with E-state index in [2.05, 4.69) is 4.74 Å². The van der Waals surface area contributed by atoms with Crippen LogP contribution in [0, 0.1) is 5.92 Å². The van der Waals surface area contributed by atoms with E-state index in [-0.39, 0.29) is 24.6 Å². The molecule has 0 spiro atoms. The van der Waals surface area contributed by atoms with Gasteiger partial charge in [0.15, 0.2) is 5.78 Å². The molecule has 0 N–H and O–H groups in total. The molecule has 0 radical (unpaired) electrons. The normalized spacial score (nSPS) is 11.9. The molecule has 1 atom stereocenters. The van der Waals surface area contributed by atoms with Crippen molar-refractivity contribution in [2.75, 3.05) is 20.3 Å². The number of esters is 1. The van der Waals surface area contributed by atoms with Gasteiger partial charge < -0.3 is 9.47 Å². The van der Waals surface area contributed by atoms with Crippen LogP contribution in [-0.2, 0) is 23.9 Å². The first-order valence-corrected chi connectivity index (χ1v) is 4.64. The summed E-state index contributed by atoms with van der Waals surface area (Å²) in [6, 6.07) is 0. The lowest BCUT2D eigenvalue weighted by Crippen LogP contribution is -2.27. The fraction of sp³-hybridized carbons (Fsp3) is 0.700. The summed E-state index contributed by atoms with van der Waals surface area (Å²) in [5.74, 6) is -2.02. The van der Waals surface area contributed by atoms with Crippen molar-refractivity contribution in [3.8, 4) is 0 Å². The van der Waals surface area contributed by atoms with Crippen molar-refractivity contribution < 1.29 is 23.9 Å². The molecule has 0 rings (SSSR count). The molecule has 0 aliphatic rings. The topological polar surface area (TPSA) is 69.7 Å². The highest BCUT2D eigenvalue weighted by Crippen LogP contribution is 2.07. The van der Waals surface area contributed by atoms with Gasteiger partial charge in [-0.3, -0.25) is 14.4 Å². The number of ether oxygens (including phenoxy) is 2. The molecule has 0 fully saturated rings. The van der Waals surface area contributed by atoms with E-state index in [1.807, 2.05) is 0 Å². The third kappa shape index (κ3) is 5.96. The number of carbonyl (C=O) groups is 3. The summed E-state index contributed by atoms with van der Waals surface area (Å²) < 4.78 is 9.43. The second kappa shape index (κ2) is 7.11. The summed E-state index contributed by atoms with van der Waals surface area (Å²) in [4.78, 5) is 33.0. The quantitative estimate of drug-likeness (QED) is 0.454. The lowest BCUT2D eigenvalue weighted by Gasteiger charge is -2.11. The van der Waals surface area contributed by atoms with Crippen LogP contribution in [-0.4, -0.2) is 37.9 Å². The fourth-order valence-electron chi connectivity index (χ4n) is 0.996. The zero-order valence-electron chi connectivity index (χ0n) is 9.24. The summed E-state index contributed by atoms with van der Waals surface area (Å²) in [6.07, 6.45) is 0.280. The first-order valence-electron chi connectivity index (χ1n) is 4.64. The Bertz CT molecular complexity index is 246. The molecule has 0 aromatic rings. The molecule has 0 heterocycles. The monoisotopic (exact) mass is 216 g/mol. The maximum absolute atomic E-state index is 11.3. The molecular weight excluding hydrogens is 200 g/mol. The largest absolute Gasteiger partial charge is 0.457 e. The number of hydrogen-bond donors (Lipinski definition) is 0. The van der Waals surface area contributed by atoms with Gasteiger partial charge in [-0.15, -0.1) is 0 Å². The van der Waals surface area contributed by atoms with Crippen LogP contribution < -0.4 is 0 Å². The molecule has 0 aromatic carbocycles. The number of Topliss-reactive ketones (excluding diaryl/α,β-unsaturated/α-hetero) is 2. The molecule has 0 saturated carbocycles. The maximum Gasteiger partial charge on any atom is 0.316 e. The van der Waals surface area contributed by atoms with E-state index in [9.17, 15) is 14.4 Å². The third-order valence-corrected chi connectivity index (χ3v) is 1.80. The SMILES string of the molecule is COCCC(C(C)=O)C(=O)OCC(C)=O. The van der Waals surface area contributed by atoms with Crippen molar-refractivity contribution in [1.29, 1.82) is 0 Å². The van der Waals surface area contributed by atoms with Crippen LogP contribution in [0.1, 0.15) is 20.3 Å². The van der Waals surface area contributed by atoms with Gasteiger partial charge in [-0.1, -0.05) is 0 Å². The fourth-order valence-corrected chi connectivity index (χ4v) is 0.996. The van der Waals surface area contributed by atoms with Crippen LogP contribution >= 0.6 is 0 Å². The standard InChI is InChI=1S/C10H16O5/c1-7(11)6-15-10(13)9(8(2)12)4-5-14-3/h9H,4-6H2,1-3H3. The molecule has 86 valence electrons. The van der Waals surface area contributed by atoms with Gasteiger partial charge >= 0.3 is 5.97 Å². The molecule has 0 aliphatic heterocycles. The Morgan fingerprint density at radius 1 is 1.20 bits per heavy atom. The van der Waals surface area contributed by atoms with Crippen molar-refractivity contribution in [2.24, 2.45) is 5.92 Å². The number of rotatable bonds is 7. The van der Waals surface area contributed by atoms with Gasteiger partial charge in [0.2, 0.25) is 0 Å². The number of hydrogen-bond acceptors (Lipinski definition) is 5. The van der Waals surface area contributed by atoms with E-state index in [4.69, 9.17) is 4.74 Å². The van der Waals surface area contributed by atoms with Crippen LogP contribution in [0.2, 0.25) is 0 Å². The van der Waals surface area contributed by atoms with E-state index < -0.39 is 11.9 Å². The van der Waals surface area contributed by atoms with Crippen LogP contribution in [0.15, 0.2) is 0 Å². The minimum absolute atomic E-state index is 0.252. The molecule has 0 aliphatic carbocycles. The van der Waals surface area contributed by atoms with Crippen LogP contribution in [0.25, 0.3) is 0 Å². The second-order valence-electron chi connectivity index (χ2n) is 3.25. The molecule has 0 bridgehead atoms. The summed E-state index contributed by atoms with van der Waals surface area (Å²) >= 11 is 0. The van der Waals surface area contributed by atoms with E-state index in [1.54, 1.807) is 0 Å². The number of ketones is 2. The summed E-state index contributed by atoms with van der Waals surface area (Å²) in [5, 5.41) is 0. The zero-order chi connectivity index (χ0) is 11.8. The van der Waals surface area contributed by atoms with Gasteiger partial charge in [0.25, 0.3) is 0 Å². The van der Waals surface area contributed by atoms with Crippen LogP contribution in [0.3, 0.4) is 0 Å². The zero-order valence-corrected chi connectivity index (χ0v) is 9.24. The van der Waals surface area contributed by atoms with Gasteiger partial charge in [-0.25, -0.2) is 0 Å². The maximum atomic E-state index is 11.3. The van der Waals surface area contributed by atoms with Gasteiger partial charge in [0.05, 0.1) is 0 Å². The molecule has 0 aromatic heterocycles. The number of methoxy groups -OCH3 is 1. The Kier molecular flexibility index (Phi) is 6.53. The van der Waals surface area contributed by atoms with Crippen molar-refractivity contribution in [2.45, 2.75) is 20.3 Å². The Morgan fingerprint density at radius 2 is 1.80 bits per heavy atom. The van der Waals surface area contributed by atoms with E-state index in [1.165, 1.54) is 21.0 Å². The van der Waals surface area contributed by atoms with E-state index in [0.717, 1.165) is 0 Å². The average molecular weight is 216 g/mol. The van der Waals surface area contributed by atoms with Crippen LogP contribution in [0.4, 0.5) is 0 Å². The van der Waals surface area contributed by atoms with Gasteiger partial charge in [-0.2, -0.15) is 0 Å². The van der Waals surface area contributed by atoms with Crippen molar-refractivity contribution >= 4 is 17.5 Å². The smallest absolute Gasteiger partial charge is 0.316 e. The Morgan fingerprint density at radius 3 is 2.20 bits per heavy atom. The highest BCUT2D eigenvalue weighted by atomic mass is 16.5. The van der Waals surface area contributed by atoms with Crippen molar-refractivity contribution in [1.82, 2.24) is 0 Å². The van der Waals surface area contributed by atoms with E-state index in [0.29, 0.717) is 6.61 Å². The third-order valence-electron chi connectivity index (χ3n) is 1.80. The predicted molar refractivity (Wildman–Crippen MR) is 52.3 cm³/mol. The molecule has 15 heavy (non-hydrogen) atoms. The lowest BCUT2D eigenvalue weighted by atomic mass is 10.0. The summed E-state index contributed by atoms with van der Waals surface area (Å²) in [7, 11) is 1.48. The molecular formula is C10H16O5. The molecule has 5 nitrogen and oxygen atoms in total. The molecule has 5 heteroatoms. The Hall–Kier alpha value is -1.23. The van der Waals surface area contributed by atoms with E-state index >= 15 is 0 Å². The van der Waals surface area contributed by atoms with Crippen molar-refractivity contribution in [3.63, 3.8) is 0 Å². The molecule has 0 amide bonds. The Labute approximate surface area is 88.7 Å². The minimum atomic E-state index is -0.829. The van der Waals surface area contributed by atoms with Crippen LogP contribution in [0.5, 0.6) is 0 Å². The summed E-state index contributed by atoms with van der Waals surface area (Å²) in [5.41, 5.74) is 0. The van der Waals surface area contributed by atoms with Gasteiger partial charge in [0.1, 0.15) is 18.3 Å². The first kappa shape index (κ1) is 13.8. The van der Waals surface area contributed by atoms with Crippen molar-refractivity contribution in [3.05, 3.63) is 0 Å². The second-order valence-corrected chi connectivity index (χ2v) is 3.25. The van der Waals surface area contributed by atoms with Gasteiger partial charge in [-0.05, 0) is 20.3 Å². The minimum Gasteiger partial charge on any atom is -0.457 e. The number of carbonyl (C=O) groups excluding carboxylic acids is 3. The predicted octanol–water partition coefficient (Wildman–Crippen LogP) is 0.360. The van der Waals surface area contributed by atoms with Gasteiger partial charge in [0, 0.05) is 13.7 Å². The highest BCUT2D eigenvalue weighted by molar-refractivity contribution is 5.98. The Balaban J connectivity index is 4.16. The molecule has 0 saturated heterocycles. The lowest BCUT2D eigenvalue weighted by molar-refractivity contribution is -0.154.